The highest BCUT2D eigenvalue weighted by molar-refractivity contribution is 5.25. The number of aromatic nitrogens is 2. The first kappa shape index (κ1) is 9.77. The largest absolute Gasteiger partial charge is 0.369 e. The minimum atomic E-state index is -0.0214. The van der Waals surface area contributed by atoms with Crippen LogP contribution in [0.4, 0.5) is 5.95 Å². The Balaban J connectivity index is 3.35. The fourth-order valence-corrected chi connectivity index (χ4v) is 1.22. The third kappa shape index (κ3) is 1.71. The van der Waals surface area contributed by atoms with E-state index in [4.69, 9.17) is 5.73 Å². The molecule has 1 aromatic heterocycles. The zero-order valence-electron chi connectivity index (χ0n) is 8.29. The summed E-state index contributed by atoms with van der Waals surface area (Å²) in [6.45, 7) is 6.21. The Hall–Kier alpha value is -1.32. The van der Waals surface area contributed by atoms with Crippen molar-refractivity contribution in [1.29, 1.82) is 0 Å². The molecule has 0 fully saturated rings. The van der Waals surface area contributed by atoms with Crippen molar-refractivity contribution in [3.63, 3.8) is 0 Å². The van der Waals surface area contributed by atoms with Gasteiger partial charge in [0.1, 0.15) is 0 Å². The number of anilines is 1. The highest BCUT2D eigenvalue weighted by atomic mass is 16.1. The van der Waals surface area contributed by atoms with E-state index in [2.05, 4.69) is 4.98 Å². The lowest BCUT2D eigenvalue weighted by molar-refractivity contribution is 0.645. The van der Waals surface area contributed by atoms with Gasteiger partial charge in [-0.3, -0.25) is 9.36 Å². The van der Waals surface area contributed by atoms with Crippen LogP contribution < -0.4 is 11.3 Å². The summed E-state index contributed by atoms with van der Waals surface area (Å²) in [6, 6.07) is 0. The Labute approximate surface area is 77.4 Å². The van der Waals surface area contributed by atoms with Gasteiger partial charge in [-0.1, -0.05) is 6.92 Å². The van der Waals surface area contributed by atoms with Gasteiger partial charge < -0.3 is 5.73 Å². The molecule has 0 spiro atoms. The van der Waals surface area contributed by atoms with E-state index in [1.165, 1.54) is 4.57 Å². The molecule has 1 heterocycles. The van der Waals surface area contributed by atoms with E-state index in [0.29, 0.717) is 18.1 Å². The van der Waals surface area contributed by atoms with Crippen LogP contribution in [0, 0.1) is 13.8 Å². The topological polar surface area (TPSA) is 60.9 Å². The van der Waals surface area contributed by atoms with Crippen LogP contribution in [0.2, 0.25) is 0 Å². The van der Waals surface area contributed by atoms with E-state index in [1.54, 1.807) is 13.8 Å². The van der Waals surface area contributed by atoms with Crippen molar-refractivity contribution in [2.45, 2.75) is 33.7 Å². The lowest BCUT2D eigenvalue weighted by Gasteiger charge is -2.09. The zero-order chi connectivity index (χ0) is 10.0. The molecule has 0 saturated heterocycles. The van der Waals surface area contributed by atoms with Crippen molar-refractivity contribution < 1.29 is 0 Å². The van der Waals surface area contributed by atoms with Gasteiger partial charge in [0, 0.05) is 17.8 Å². The molecule has 0 amide bonds. The summed E-state index contributed by atoms with van der Waals surface area (Å²) in [7, 11) is 0. The van der Waals surface area contributed by atoms with Gasteiger partial charge in [0.2, 0.25) is 5.95 Å². The number of nitrogens with two attached hydrogens (primary N) is 1. The molecule has 4 nitrogen and oxygen atoms in total. The molecule has 0 aromatic carbocycles. The highest BCUT2D eigenvalue weighted by Crippen LogP contribution is 2.02. The molecule has 0 aliphatic carbocycles. The van der Waals surface area contributed by atoms with E-state index in [0.717, 1.165) is 12.1 Å². The third-order valence-electron chi connectivity index (χ3n) is 2.11. The first-order valence-corrected chi connectivity index (χ1v) is 4.41. The van der Waals surface area contributed by atoms with Gasteiger partial charge in [-0.15, -0.1) is 0 Å². The van der Waals surface area contributed by atoms with Crippen LogP contribution in [0.25, 0.3) is 0 Å². The van der Waals surface area contributed by atoms with Gasteiger partial charge in [-0.05, 0) is 20.3 Å². The summed E-state index contributed by atoms with van der Waals surface area (Å²) in [5.74, 6) is 0.315. The maximum atomic E-state index is 11.6. The van der Waals surface area contributed by atoms with Crippen molar-refractivity contribution in [2.75, 3.05) is 5.73 Å². The second kappa shape index (κ2) is 3.60. The normalized spacial score (nSPS) is 10.4. The summed E-state index contributed by atoms with van der Waals surface area (Å²) in [6.07, 6.45) is 0.883. The molecule has 0 saturated carbocycles. The van der Waals surface area contributed by atoms with Gasteiger partial charge in [0.05, 0.1) is 0 Å². The number of nitrogens with zero attached hydrogens (tertiary/aromatic N) is 2. The summed E-state index contributed by atoms with van der Waals surface area (Å²) in [4.78, 5) is 15.7. The number of nitrogen functional groups attached to an aromatic ring is 1. The van der Waals surface area contributed by atoms with E-state index in [-0.39, 0.29) is 5.56 Å². The van der Waals surface area contributed by atoms with Gasteiger partial charge in [-0.25, -0.2) is 4.98 Å². The Morgan fingerprint density at radius 1 is 1.46 bits per heavy atom. The van der Waals surface area contributed by atoms with Crippen molar-refractivity contribution in [1.82, 2.24) is 9.55 Å². The second-order valence-electron chi connectivity index (χ2n) is 3.14. The van der Waals surface area contributed by atoms with Gasteiger partial charge in [-0.2, -0.15) is 0 Å². The number of hydrogen-bond donors (Lipinski definition) is 1. The van der Waals surface area contributed by atoms with E-state index in [1.807, 2.05) is 6.92 Å². The van der Waals surface area contributed by atoms with Crippen LogP contribution in [-0.4, -0.2) is 9.55 Å². The van der Waals surface area contributed by atoms with E-state index in [9.17, 15) is 4.79 Å². The summed E-state index contributed by atoms with van der Waals surface area (Å²) >= 11 is 0. The summed E-state index contributed by atoms with van der Waals surface area (Å²) in [5, 5.41) is 0. The average Bonchev–Trinajstić information content (AvgIpc) is 2.09. The fraction of sp³-hybridized carbons (Fsp3) is 0.556. The lowest BCUT2D eigenvalue weighted by atomic mass is 10.2. The molecular weight excluding hydrogens is 166 g/mol. The molecular formula is C9H15N3O. The molecule has 2 N–H and O–H groups in total. The molecule has 0 atom stereocenters. The zero-order valence-corrected chi connectivity index (χ0v) is 8.29. The van der Waals surface area contributed by atoms with Gasteiger partial charge >= 0.3 is 0 Å². The Kier molecular flexibility index (Phi) is 2.70. The predicted octanol–water partition coefficient (Wildman–Crippen LogP) is 0.852. The molecule has 0 bridgehead atoms. The molecule has 72 valence electrons. The van der Waals surface area contributed by atoms with Gasteiger partial charge in [0.25, 0.3) is 5.56 Å². The number of aryl methyl sites for hydroxylation is 1. The predicted molar refractivity (Wildman–Crippen MR) is 52.7 cm³/mol. The Bertz CT molecular complexity index is 368. The van der Waals surface area contributed by atoms with E-state index < -0.39 is 0 Å². The van der Waals surface area contributed by atoms with Crippen LogP contribution in [0.15, 0.2) is 4.79 Å². The van der Waals surface area contributed by atoms with Crippen molar-refractivity contribution in [3.8, 4) is 0 Å². The van der Waals surface area contributed by atoms with Crippen LogP contribution in [0.1, 0.15) is 24.6 Å². The third-order valence-corrected chi connectivity index (χ3v) is 2.11. The quantitative estimate of drug-likeness (QED) is 0.735. The first-order valence-electron chi connectivity index (χ1n) is 4.41. The van der Waals surface area contributed by atoms with Gasteiger partial charge in [0.15, 0.2) is 0 Å². The molecule has 4 heteroatoms. The monoisotopic (exact) mass is 181 g/mol. The molecule has 13 heavy (non-hydrogen) atoms. The van der Waals surface area contributed by atoms with Crippen LogP contribution in [0.5, 0.6) is 0 Å². The first-order chi connectivity index (χ1) is 6.07. The second-order valence-corrected chi connectivity index (χ2v) is 3.14. The summed E-state index contributed by atoms with van der Waals surface area (Å²) in [5.41, 5.74) is 7.01. The van der Waals surface area contributed by atoms with Crippen LogP contribution in [0.3, 0.4) is 0 Å². The molecule has 1 aromatic rings. The van der Waals surface area contributed by atoms with Crippen LogP contribution in [-0.2, 0) is 6.54 Å². The Morgan fingerprint density at radius 3 is 2.62 bits per heavy atom. The number of hydrogen-bond acceptors (Lipinski definition) is 3. The van der Waals surface area contributed by atoms with E-state index >= 15 is 0 Å². The maximum absolute atomic E-state index is 11.6. The maximum Gasteiger partial charge on any atom is 0.258 e. The average molecular weight is 181 g/mol. The summed E-state index contributed by atoms with van der Waals surface area (Å²) < 4.78 is 1.52. The van der Waals surface area contributed by atoms with Crippen molar-refractivity contribution in [2.24, 2.45) is 0 Å². The van der Waals surface area contributed by atoms with Crippen molar-refractivity contribution in [3.05, 3.63) is 21.6 Å². The molecule has 0 unspecified atom stereocenters. The van der Waals surface area contributed by atoms with Crippen LogP contribution >= 0.6 is 0 Å². The number of rotatable bonds is 2. The minimum absolute atomic E-state index is 0.0214. The van der Waals surface area contributed by atoms with Crippen molar-refractivity contribution >= 4 is 5.95 Å². The fourth-order valence-electron chi connectivity index (χ4n) is 1.22. The molecule has 1 rings (SSSR count). The molecule has 0 aliphatic rings. The molecule has 0 radical (unpaired) electrons. The SMILES string of the molecule is CCCn1c(N)nc(C)c(C)c1=O. The molecule has 0 aliphatic heterocycles. The standard InChI is InChI=1S/C9H15N3O/c1-4-5-12-8(13)6(2)7(3)11-9(12)10/h4-5H2,1-3H3,(H2,10,11). The Morgan fingerprint density at radius 2 is 2.08 bits per heavy atom. The smallest absolute Gasteiger partial charge is 0.258 e. The lowest BCUT2D eigenvalue weighted by Crippen LogP contribution is -2.27. The minimum Gasteiger partial charge on any atom is -0.369 e. The highest BCUT2D eigenvalue weighted by Gasteiger charge is 2.06.